The molecule has 2 saturated carbocycles. The first-order chi connectivity index (χ1) is 18.7. The molecule has 0 aromatic heterocycles. The predicted molar refractivity (Wildman–Crippen MR) is 145 cm³/mol. The molecule has 5 atom stereocenters. The van der Waals surface area contributed by atoms with E-state index < -0.39 is 23.2 Å². The van der Waals surface area contributed by atoms with E-state index in [0.717, 1.165) is 17.7 Å². The smallest absolute Gasteiger partial charge is 0.298 e. The van der Waals surface area contributed by atoms with Crippen LogP contribution < -0.4 is 4.74 Å². The van der Waals surface area contributed by atoms with Gasteiger partial charge >= 0.3 is 0 Å². The topological polar surface area (TPSA) is 90.3 Å². The first kappa shape index (κ1) is 24.7. The number of likely N-dealkylation sites (N-methyl/N-ethyl adjacent to an activating group) is 1. The largest absolute Gasteiger partial charge is 0.504 e. The van der Waals surface area contributed by atoms with E-state index in [2.05, 4.69) is 16.7 Å². The normalized spacial score (nSPS) is 32.1. The van der Waals surface area contributed by atoms with E-state index in [1.807, 2.05) is 32.0 Å². The fourth-order valence-corrected chi connectivity index (χ4v) is 7.88. The second-order valence-electron chi connectivity index (χ2n) is 12.3. The van der Waals surface area contributed by atoms with Gasteiger partial charge in [0.1, 0.15) is 17.7 Å². The Hall–Kier alpha value is -3.34. The summed E-state index contributed by atoms with van der Waals surface area (Å²) in [5, 5.41) is 23.4. The molecule has 5 aliphatic rings. The molecule has 2 heterocycles. The first-order valence-corrected chi connectivity index (χ1v) is 14.1. The molecule has 3 aliphatic carbocycles. The maximum atomic E-state index is 13.9. The van der Waals surface area contributed by atoms with Crippen molar-refractivity contribution in [3.8, 4) is 23.3 Å². The summed E-state index contributed by atoms with van der Waals surface area (Å²) in [5.41, 5.74) is 2.03. The van der Waals surface area contributed by atoms with Crippen molar-refractivity contribution < 1.29 is 24.5 Å². The summed E-state index contributed by atoms with van der Waals surface area (Å²) >= 11 is 0. The van der Waals surface area contributed by atoms with Gasteiger partial charge in [-0.1, -0.05) is 12.0 Å². The fourth-order valence-electron chi connectivity index (χ4n) is 7.88. The monoisotopic (exact) mass is 526 g/mol. The zero-order chi connectivity index (χ0) is 27.3. The van der Waals surface area contributed by atoms with E-state index in [4.69, 9.17) is 4.74 Å². The number of ether oxygens (including phenoxy) is 1. The number of rotatable bonds is 3. The summed E-state index contributed by atoms with van der Waals surface area (Å²) in [7, 11) is 1.74. The molecule has 7 rings (SSSR count). The molecule has 7 heteroatoms. The Morgan fingerprint density at radius 1 is 1.15 bits per heavy atom. The van der Waals surface area contributed by atoms with Crippen LogP contribution in [0, 0.1) is 31.6 Å². The molecule has 2 N–H and O–H groups in total. The van der Waals surface area contributed by atoms with Gasteiger partial charge in [0.25, 0.3) is 5.91 Å². The lowest BCUT2D eigenvalue weighted by atomic mass is 9.48. The minimum Gasteiger partial charge on any atom is -0.504 e. The number of amides is 1. The van der Waals surface area contributed by atoms with Crippen LogP contribution in [0.1, 0.15) is 64.7 Å². The van der Waals surface area contributed by atoms with Gasteiger partial charge in [-0.05, 0) is 87.3 Å². The number of likely N-dealkylation sites (tertiary alicyclic amines) is 1. The lowest BCUT2D eigenvalue weighted by Crippen LogP contribution is -2.79. The van der Waals surface area contributed by atoms with E-state index in [0.29, 0.717) is 42.9 Å². The fraction of sp³-hybridized carbons (Fsp3) is 0.500. The highest BCUT2D eigenvalue weighted by molar-refractivity contribution is 6.06. The van der Waals surface area contributed by atoms with Gasteiger partial charge in [0.2, 0.25) is 0 Å². The molecule has 0 radical (unpaired) electrons. The summed E-state index contributed by atoms with van der Waals surface area (Å²) in [6.45, 7) is 5.54. The number of piperidine rings is 1. The second kappa shape index (κ2) is 8.33. The number of carbonyl (C=O) groups is 2. The van der Waals surface area contributed by atoms with Crippen molar-refractivity contribution >= 4 is 11.7 Å². The lowest BCUT2D eigenvalue weighted by molar-refractivity contribution is -0.187. The predicted octanol–water partition coefficient (Wildman–Crippen LogP) is 3.09. The molecule has 3 fully saturated rings. The zero-order valence-corrected chi connectivity index (χ0v) is 22.7. The number of phenolic OH excluding ortho intramolecular Hbond substituents is 1. The van der Waals surface area contributed by atoms with Crippen molar-refractivity contribution in [2.75, 3.05) is 20.1 Å². The molecule has 1 amide bonds. The maximum Gasteiger partial charge on any atom is 0.298 e. The summed E-state index contributed by atoms with van der Waals surface area (Å²) in [6, 6.07) is 8.08. The van der Waals surface area contributed by atoms with Gasteiger partial charge in [0.05, 0.1) is 11.5 Å². The van der Waals surface area contributed by atoms with Crippen LogP contribution in [0.3, 0.4) is 0 Å². The summed E-state index contributed by atoms with van der Waals surface area (Å²) in [6.07, 6.45) is 3.18. The minimum absolute atomic E-state index is 0.0335. The zero-order valence-electron chi connectivity index (χ0n) is 22.7. The summed E-state index contributed by atoms with van der Waals surface area (Å²) in [4.78, 5) is 31.1. The lowest BCUT2D eigenvalue weighted by Gasteiger charge is -2.63. The van der Waals surface area contributed by atoms with Gasteiger partial charge in [-0.2, -0.15) is 0 Å². The summed E-state index contributed by atoms with van der Waals surface area (Å²) < 4.78 is 6.50. The maximum absolute atomic E-state index is 13.9. The molecule has 1 spiro atoms. The van der Waals surface area contributed by atoms with Crippen LogP contribution >= 0.6 is 0 Å². The molecule has 2 bridgehead atoms. The SMILES string of the molecule is Cc1ccc(C#CC(=O)N(C)[C@H]2CC[C@@]3(O)[C@H]4C(=O)c5ccc(O)c6c5[C@@]3(CCN4CC3CC3)[C@H]2O6)cc1C. The van der Waals surface area contributed by atoms with Crippen molar-refractivity contribution in [2.45, 2.75) is 75.2 Å². The number of ketones is 1. The Balaban J connectivity index is 1.27. The van der Waals surface area contributed by atoms with Gasteiger partial charge in [-0.15, -0.1) is 0 Å². The standard InChI is InChI=1S/C32H34N2O5/c1-18-4-5-20(16-19(18)2)8-11-25(36)33(3)23-12-13-32(38)29-27(37)22-9-10-24(35)28-26(22)31(32,30(23)39-28)14-15-34(29)17-21-6-7-21/h4-5,9-10,16,21,23,29-30,35,38H,6-7,12-15,17H2,1-3H3/t23-,29+,30-,31-,32+/m0/s1. The van der Waals surface area contributed by atoms with Crippen molar-refractivity contribution in [1.29, 1.82) is 0 Å². The van der Waals surface area contributed by atoms with Gasteiger partial charge in [-0.3, -0.25) is 14.5 Å². The molecule has 0 unspecified atom stereocenters. The van der Waals surface area contributed by atoms with E-state index in [1.165, 1.54) is 24.5 Å². The van der Waals surface area contributed by atoms with Crippen LogP contribution in [0.15, 0.2) is 30.3 Å². The molecule has 2 aromatic rings. The van der Waals surface area contributed by atoms with Crippen LogP contribution in [0.4, 0.5) is 0 Å². The van der Waals surface area contributed by atoms with Crippen molar-refractivity contribution in [1.82, 2.24) is 9.80 Å². The average molecular weight is 527 g/mol. The Labute approximate surface area is 228 Å². The van der Waals surface area contributed by atoms with E-state index in [-0.39, 0.29) is 29.2 Å². The molecule has 7 nitrogen and oxygen atoms in total. The number of hydrogen-bond acceptors (Lipinski definition) is 6. The first-order valence-electron chi connectivity index (χ1n) is 14.1. The van der Waals surface area contributed by atoms with Gasteiger partial charge in [-0.25, -0.2) is 0 Å². The van der Waals surface area contributed by atoms with Crippen LogP contribution in [0.5, 0.6) is 11.5 Å². The quantitative estimate of drug-likeness (QED) is 0.598. The third-order valence-corrected chi connectivity index (χ3v) is 10.2. The van der Waals surface area contributed by atoms with Crippen LogP contribution in [-0.4, -0.2) is 75.6 Å². The number of benzene rings is 2. The second-order valence-corrected chi connectivity index (χ2v) is 12.3. The highest BCUT2D eigenvalue weighted by Crippen LogP contribution is 2.65. The molecule has 1 saturated heterocycles. The molecule has 2 aliphatic heterocycles. The number of hydrogen-bond donors (Lipinski definition) is 2. The van der Waals surface area contributed by atoms with Crippen LogP contribution in [0.2, 0.25) is 0 Å². The Morgan fingerprint density at radius 3 is 2.69 bits per heavy atom. The number of aromatic hydroxyl groups is 1. The molecular formula is C32H34N2O5. The van der Waals surface area contributed by atoms with E-state index >= 15 is 0 Å². The van der Waals surface area contributed by atoms with Crippen LogP contribution in [0.25, 0.3) is 0 Å². The highest BCUT2D eigenvalue weighted by atomic mass is 16.5. The van der Waals surface area contributed by atoms with Gasteiger partial charge in [0, 0.05) is 42.7 Å². The molecule has 202 valence electrons. The molecule has 2 aromatic carbocycles. The third-order valence-electron chi connectivity index (χ3n) is 10.2. The minimum atomic E-state index is -1.33. The number of phenols is 1. The number of nitrogens with zero attached hydrogens (tertiary/aromatic N) is 2. The van der Waals surface area contributed by atoms with Crippen molar-refractivity contribution in [2.24, 2.45) is 5.92 Å². The Morgan fingerprint density at radius 2 is 1.95 bits per heavy atom. The number of Topliss-reactive ketones (excluding diaryl/α,β-unsaturated/α-hetero) is 1. The number of aryl methyl sites for hydroxylation is 2. The van der Waals surface area contributed by atoms with Crippen molar-refractivity contribution in [3.05, 3.63) is 58.1 Å². The van der Waals surface area contributed by atoms with Crippen molar-refractivity contribution in [3.63, 3.8) is 0 Å². The van der Waals surface area contributed by atoms with E-state index in [1.54, 1.807) is 18.0 Å². The van der Waals surface area contributed by atoms with Gasteiger partial charge in [0.15, 0.2) is 17.3 Å². The van der Waals surface area contributed by atoms with Gasteiger partial charge < -0.3 is 19.8 Å². The number of carbonyl (C=O) groups excluding carboxylic acids is 2. The summed E-state index contributed by atoms with van der Waals surface area (Å²) in [5.74, 6) is 6.24. The third kappa shape index (κ3) is 3.31. The van der Waals surface area contributed by atoms with E-state index in [9.17, 15) is 19.8 Å². The molecular weight excluding hydrogens is 492 g/mol. The number of aliphatic hydroxyl groups is 1. The average Bonchev–Trinajstić information content (AvgIpc) is 3.66. The Kier molecular flexibility index (Phi) is 5.27. The van der Waals surface area contributed by atoms with Crippen LogP contribution in [-0.2, 0) is 10.2 Å². The molecule has 39 heavy (non-hydrogen) atoms. The Bertz CT molecular complexity index is 1490. The highest BCUT2D eigenvalue weighted by Gasteiger charge is 2.75.